The normalized spacial score (nSPS) is 17.8. The fraction of sp³-hybridized carbons (Fsp3) is 0.800. The SMILES string of the molecule is CCCc1n[nH]c(=S)n1C1CCCC1. The van der Waals surface area contributed by atoms with Crippen molar-refractivity contribution < 1.29 is 0 Å². The maximum atomic E-state index is 5.27. The molecule has 0 radical (unpaired) electrons. The number of aromatic nitrogens is 3. The molecule has 1 aliphatic rings. The fourth-order valence-corrected chi connectivity index (χ4v) is 2.58. The average Bonchev–Trinajstić information content (AvgIpc) is 2.76. The standard InChI is InChI=1S/C10H17N3S/c1-2-5-9-11-12-10(14)13(9)8-6-3-4-7-8/h8H,2-7H2,1H3,(H,12,14). The molecule has 0 aromatic carbocycles. The topological polar surface area (TPSA) is 33.6 Å². The van der Waals surface area contributed by atoms with Crippen molar-refractivity contribution in [2.45, 2.75) is 51.5 Å². The molecule has 78 valence electrons. The molecule has 14 heavy (non-hydrogen) atoms. The molecule has 0 spiro atoms. The van der Waals surface area contributed by atoms with E-state index in [2.05, 4.69) is 21.7 Å². The predicted molar refractivity (Wildman–Crippen MR) is 58.9 cm³/mol. The van der Waals surface area contributed by atoms with E-state index in [1.807, 2.05) is 0 Å². The first kappa shape index (κ1) is 9.90. The minimum atomic E-state index is 0.614. The summed E-state index contributed by atoms with van der Waals surface area (Å²) < 4.78 is 3.05. The summed E-state index contributed by atoms with van der Waals surface area (Å²) in [5, 5.41) is 7.21. The molecule has 1 N–H and O–H groups in total. The van der Waals surface area contributed by atoms with Gasteiger partial charge in [0.15, 0.2) is 4.77 Å². The van der Waals surface area contributed by atoms with Gasteiger partial charge in [0.25, 0.3) is 0 Å². The molecule has 0 bridgehead atoms. The van der Waals surface area contributed by atoms with Crippen LogP contribution in [0.25, 0.3) is 0 Å². The van der Waals surface area contributed by atoms with Crippen LogP contribution in [-0.2, 0) is 6.42 Å². The number of rotatable bonds is 3. The van der Waals surface area contributed by atoms with Gasteiger partial charge >= 0.3 is 0 Å². The lowest BCUT2D eigenvalue weighted by Crippen LogP contribution is -2.09. The van der Waals surface area contributed by atoms with E-state index in [0.717, 1.165) is 23.4 Å². The Hall–Kier alpha value is -0.640. The molecule has 1 aromatic heterocycles. The molecule has 0 saturated heterocycles. The molecule has 1 saturated carbocycles. The smallest absolute Gasteiger partial charge is 0.195 e. The van der Waals surface area contributed by atoms with Gasteiger partial charge in [0.1, 0.15) is 5.82 Å². The first-order chi connectivity index (χ1) is 6.83. The summed E-state index contributed by atoms with van der Waals surface area (Å²) in [5.74, 6) is 1.14. The minimum Gasteiger partial charge on any atom is -0.301 e. The molecule has 1 aliphatic carbocycles. The summed E-state index contributed by atoms with van der Waals surface area (Å²) in [5.41, 5.74) is 0. The van der Waals surface area contributed by atoms with Gasteiger partial charge < -0.3 is 4.57 Å². The highest BCUT2D eigenvalue weighted by Gasteiger charge is 2.20. The Labute approximate surface area is 89.5 Å². The maximum absolute atomic E-state index is 5.27. The molecular formula is C10H17N3S. The number of H-pyrrole nitrogens is 1. The molecule has 0 amide bonds. The summed E-state index contributed by atoms with van der Waals surface area (Å²) in [4.78, 5) is 0. The van der Waals surface area contributed by atoms with Crippen molar-refractivity contribution in [1.29, 1.82) is 0 Å². The van der Waals surface area contributed by atoms with Crippen molar-refractivity contribution >= 4 is 12.2 Å². The highest BCUT2D eigenvalue weighted by Crippen LogP contribution is 2.30. The molecule has 4 heteroatoms. The van der Waals surface area contributed by atoms with Crippen molar-refractivity contribution in [3.05, 3.63) is 10.6 Å². The number of nitrogens with one attached hydrogen (secondary N) is 1. The van der Waals surface area contributed by atoms with Gasteiger partial charge in [-0.05, 0) is 31.5 Å². The van der Waals surface area contributed by atoms with E-state index in [1.54, 1.807) is 0 Å². The number of aromatic amines is 1. The number of hydrogen-bond donors (Lipinski definition) is 1. The lowest BCUT2D eigenvalue weighted by Gasteiger charge is -2.13. The van der Waals surface area contributed by atoms with Crippen molar-refractivity contribution in [1.82, 2.24) is 14.8 Å². The zero-order valence-corrected chi connectivity index (χ0v) is 9.44. The Kier molecular flexibility index (Phi) is 3.01. The first-order valence-electron chi connectivity index (χ1n) is 5.48. The van der Waals surface area contributed by atoms with Crippen LogP contribution in [0.5, 0.6) is 0 Å². The van der Waals surface area contributed by atoms with E-state index in [0.29, 0.717) is 6.04 Å². The van der Waals surface area contributed by atoms with Crippen molar-refractivity contribution in [2.24, 2.45) is 0 Å². The van der Waals surface area contributed by atoms with Crippen LogP contribution in [0.4, 0.5) is 0 Å². The average molecular weight is 211 g/mol. The summed E-state index contributed by atoms with van der Waals surface area (Å²) >= 11 is 5.27. The Morgan fingerprint density at radius 2 is 2.21 bits per heavy atom. The molecule has 0 aliphatic heterocycles. The fourth-order valence-electron chi connectivity index (χ4n) is 2.28. The van der Waals surface area contributed by atoms with Gasteiger partial charge in [-0.15, -0.1) is 0 Å². The Morgan fingerprint density at radius 3 is 2.86 bits per heavy atom. The largest absolute Gasteiger partial charge is 0.301 e. The van der Waals surface area contributed by atoms with Gasteiger partial charge in [-0.2, -0.15) is 5.10 Å². The van der Waals surface area contributed by atoms with Crippen LogP contribution >= 0.6 is 12.2 Å². The second-order valence-corrected chi connectivity index (χ2v) is 4.39. The summed E-state index contributed by atoms with van der Waals surface area (Å²) in [6.07, 6.45) is 7.37. The Bertz CT molecular complexity index is 346. The van der Waals surface area contributed by atoms with Crippen LogP contribution in [0.15, 0.2) is 0 Å². The molecular weight excluding hydrogens is 194 g/mol. The van der Waals surface area contributed by atoms with Crippen molar-refractivity contribution in [2.75, 3.05) is 0 Å². The van der Waals surface area contributed by atoms with Gasteiger partial charge in [0.2, 0.25) is 0 Å². The van der Waals surface area contributed by atoms with Crippen LogP contribution in [0.2, 0.25) is 0 Å². The quantitative estimate of drug-likeness (QED) is 0.780. The lowest BCUT2D eigenvalue weighted by molar-refractivity contribution is 0.490. The van der Waals surface area contributed by atoms with Gasteiger partial charge in [-0.3, -0.25) is 5.10 Å². The third-order valence-corrected chi connectivity index (χ3v) is 3.23. The number of aryl methyl sites for hydroxylation is 1. The molecule has 1 fully saturated rings. The van der Waals surface area contributed by atoms with E-state index in [4.69, 9.17) is 12.2 Å². The second-order valence-electron chi connectivity index (χ2n) is 4.00. The zero-order chi connectivity index (χ0) is 9.97. The highest BCUT2D eigenvalue weighted by atomic mass is 32.1. The first-order valence-corrected chi connectivity index (χ1v) is 5.89. The van der Waals surface area contributed by atoms with Crippen LogP contribution < -0.4 is 0 Å². The van der Waals surface area contributed by atoms with Crippen LogP contribution in [0.3, 0.4) is 0 Å². The number of nitrogens with zero attached hydrogens (tertiary/aromatic N) is 2. The third-order valence-electron chi connectivity index (χ3n) is 2.94. The minimum absolute atomic E-state index is 0.614. The molecule has 0 atom stereocenters. The summed E-state index contributed by atoms with van der Waals surface area (Å²) in [6, 6.07) is 0.614. The van der Waals surface area contributed by atoms with E-state index >= 15 is 0 Å². The molecule has 1 aromatic rings. The predicted octanol–water partition coefficient (Wildman–Crippen LogP) is 3.01. The molecule has 0 unspecified atom stereocenters. The van der Waals surface area contributed by atoms with Gasteiger partial charge in [-0.1, -0.05) is 19.8 Å². The highest BCUT2D eigenvalue weighted by molar-refractivity contribution is 7.71. The van der Waals surface area contributed by atoms with Gasteiger partial charge in [0.05, 0.1) is 0 Å². The molecule has 3 nitrogen and oxygen atoms in total. The third kappa shape index (κ3) is 1.75. The van der Waals surface area contributed by atoms with Crippen LogP contribution in [0, 0.1) is 4.77 Å². The van der Waals surface area contributed by atoms with E-state index in [-0.39, 0.29) is 0 Å². The van der Waals surface area contributed by atoms with E-state index < -0.39 is 0 Å². The van der Waals surface area contributed by atoms with Crippen LogP contribution in [0.1, 0.15) is 50.9 Å². The summed E-state index contributed by atoms with van der Waals surface area (Å²) in [6.45, 7) is 2.18. The molecule has 2 rings (SSSR count). The monoisotopic (exact) mass is 211 g/mol. The maximum Gasteiger partial charge on any atom is 0.195 e. The van der Waals surface area contributed by atoms with Crippen LogP contribution in [-0.4, -0.2) is 14.8 Å². The molecule has 1 heterocycles. The van der Waals surface area contributed by atoms with Crippen molar-refractivity contribution in [3.8, 4) is 0 Å². The lowest BCUT2D eigenvalue weighted by atomic mass is 10.2. The van der Waals surface area contributed by atoms with E-state index in [1.165, 1.54) is 25.7 Å². The van der Waals surface area contributed by atoms with Crippen molar-refractivity contribution in [3.63, 3.8) is 0 Å². The summed E-state index contributed by atoms with van der Waals surface area (Å²) in [7, 11) is 0. The Balaban J connectivity index is 2.28. The van der Waals surface area contributed by atoms with Gasteiger partial charge in [-0.25, -0.2) is 0 Å². The Morgan fingerprint density at radius 1 is 1.50 bits per heavy atom. The number of hydrogen-bond acceptors (Lipinski definition) is 2. The van der Waals surface area contributed by atoms with Gasteiger partial charge in [0, 0.05) is 12.5 Å². The van der Waals surface area contributed by atoms with E-state index in [9.17, 15) is 0 Å². The second kappa shape index (κ2) is 4.26. The zero-order valence-electron chi connectivity index (χ0n) is 8.62.